The van der Waals surface area contributed by atoms with Crippen molar-refractivity contribution in [1.29, 1.82) is 0 Å². The molecule has 28 heavy (non-hydrogen) atoms. The maximum atomic E-state index is 12.5. The van der Waals surface area contributed by atoms with Crippen LogP contribution >= 0.6 is 0 Å². The van der Waals surface area contributed by atoms with Crippen molar-refractivity contribution in [3.8, 4) is 11.3 Å². The summed E-state index contributed by atoms with van der Waals surface area (Å²) in [5.74, 6) is 1.44. The summed E-state index contributed by atoms with van der Waals surface area (Å²) >= 11 is 0. The maximum Gasteiger partial charge on any atom is 0.338 e. The van der Waals surface area contributed by atoms with Crippen LogP contribution in [0.2, 0.25) is 0 Å². The van der Waals surface area contributed by atoms with Crippen molar-refractivity contribution < 1.29 is 18.6 Å². The Morgan fingerprint density at radius 1 is 1.07 bits per heavy atom. The largest absolute Gasteiger partial charge is 0.452 e. The van der Waals surface area contributed by atoms with Crippen LogP contribution in [-0.2, 0) is 17.8 Å². The van der Waals surface area contributed by atoms with Crippen LogP contribution in [0.15, 0.2) is 57.6 Å². The van der Waals surface area contributed by atoms with Gasteiger partial charge in [-0.3, -0.25) is 0 Å². The van der Waals surface area contributed by atoms with Gasteiger partial charge in [-0.05, 0) is 24.1 Å². The second kappa shape index (κ2) is 7.64. The zero-order chi connectivity index (χ0) is 19.5. The fraction of sp³-hybridized carbons (Fsp3) is 0.238. The number of benzene rings is 2. The molecule has 2 aromatic carbocycles. The van der Waals surface area contributed by atoms with Gasteiger partial charge in [-0.2, -0.15) is 4.98 Å². The smallest absolute Gasteiger partial charge is 0.338 e. The first-order valence-electron chi connectivity index (χ1n) is 9.03. The zero-order valence-corrected chi connectivity index (χ0v) is 15.6. The Kier molecular flexibility index (Phi) is 4.89. The molecule has 0 radical (unpaired) electrons. The second-order valence-electron chi connectivity index (χ2n) is 6.89. The quantitative estimate of drug-likeness (QED) is 0.459. The van der Waals surface area contributed by atoms with Crippen molar-refractivity contribution in [2.24, 2.45) is 5.92 Å². The lowest BCUT2D eigenvalue weighted by Crippen LogP contribution is -2.05. The molecule has 2 aromatic heterocycles. The first-order chi connectivity index (χ1) is 13.6. The summed E-state index contributed by atoms with van der Waals surface area (Å²) in [6.45, 7) is 4.07. The molecule has 0 fully saturated rings. The molecule has 4 aromatic rings. The lowest BCUT2D eigenvalue weighted by Gasteiger charge is -2.02. The van der Waals surface area contributed by atoms with Crippen LogP contribution in [0, 0.1) is 5.92 Å². The van der Waals surface area contributed by atoms with E-state index in [-0.39, 0.29) is 12.5 Å². The van der Waals surface area contributed by atoms with Crippen LogP contribution in [0.3, 0.4) is 0 Å². The third kappa shape index (κ3) is 3.78. The van der Waals surface area contributed by atoms with E-state index in [9.17, 15) is 4.79 Å². The summed E-state index contributed by atoms with van der Waals surface area (Å²) < 4.78 is 15.9. The standard InChI is InChI=1S/C21H19N3O4/c1-13(2)10-18-22-19(27-24-18)12-26-21(25)15-8-9-17-16(11-15)20(28-23-17)14-6-4-3-5-7-14/h3-9,11,13H,10,12H2,1-2H3. The number of rotatable bonds is 6. The molecule has 7 heteroatoms. The number of nitrogens with zero attached hydrogens (tertiary/aromatic N) is 3. The van der Waals surface area contributed by atoms with Gasteiger partial charge in [0.15, 0.2) is 18.2 Å². The summed E-state index contributed by atoms with van der Waals surface area (Å²) in [4.78, 5) is 16.7. The van der Waals surface area contributed by atoms with Crippen molar-refractivity contribution in [3.63, 3.8) is 0 Å². The number of aromatic nitrogens is 3. The van der Waals surface area contributed by atoms with Crippen molar-refractivity contribution in [2.45, 2.75) is 26.9 Å². The molecule has 0 aliphatic carbocycles. The van der Waals surface area contributed by atoms with Gasteiger partial charge in [0.25, 0.3) is 5.89 Å². The predicted molar refractivity (Wildman–Crippen MR) is 101 cm³/mol. The third-order valence-electron chi connectivity index (χ3n) is 4.18. The molecular weight excluding hydrogens is 358 g/mol. The van der Waals surface area contributed by atoms with Crippen molar-refractivity contribution in [3.05, 3.63) is 65.8 Å². The molecule has 0 N–H and O–H groups in total. The van der Waals surface area contributed by atoms with Gasteiger partial charge in [-0.1, -0.05) is 54.5 Å². The van der Waals surface area contributed by atoms with Crippen LogP contribution in [0.1, 0.15) is 35.9 Å². The van der Waals surface area contributed by atoms with E-state index in [2.05, 4.69) is 29.1 Å². The molecule has 0 atom stereocenters. The van der Waals surface area contributed by atoms with Crippen molar-refractivity contribution in [2.75, 3.05) is 0 Å². The van der Waals surface area contributed by atoms with E-state index in [1.807, 2.05) is 30.3 Å². The molecule has 4 rings (SSSR count). The minimum Gasteiger partial charge on any atom is -0.452 e. The molecule has 0 unspecified atom stereocenters. The molecule has 142 valence electrons. The lowest BCUT2D eigenvalue weighted by atomic mass is 10.1. The fourth-order valence-electron chi connectivity index (χ4n) is 2.87. The average Bonchev–Trinajstić information content (AvgIpc) is 3.32. The van der Waals surface area contributed by atoms with E-state index < -0.39 is 5.97 Å². The van der Waals surface area contributed by atoms with Crippen LogP contribution < -0.4 is 0 Å². The Morgan fingerprint density at radius 2 is 1.89 bits per heavy atom. The van der Waals surface area contributed by atoms with Crippen molar-refractivity contribution in [1.82, 2.24) is 15.3 Å². The van der Waals surface area contributed by atoms with Crippen LogP contribution in [-0.4, -0.2) is 21.3 Å². The van der Waals surface area contributed by atoms with Crippen LogP contribution in [0.5, 0.6) is 0 Å². The molecule has 0 bridgehead atoms. The van der Waals surface area contributed by atoms with Crippen LogP contribution in [0.4, 0.5) is 0 Å². The van der Waals surface area contributed by atoms with E-state index in [1.165, 1.54) is 0 Å². The van der Waals surface area contributed by atoms with Gasteiger partial charge >= 0.3 is 5.97 Å². The molecule has 7 nitrogen and oxygen atoms in total. The lowest BCUT2D eigenvalue weighted by molar-refractivity contribution is 0.0430. The molecule has 0 saturated heterocycles. The minimum atomic E-state index is -0.481. The normalized spacial score (nSPS) is 11.2. The van der Waals surface area contributed by atoms with Crippen LogP contribution in [0.25, 0.3) is 22.2 Å². The highest BCUT2D eigenvalue weighted by Gasteiger charge is 2.16. The second-order valence-corrected chi connectivity index (χ2v) is 6.89. The molecule has 0 amide bonds. The zero-order valence-electron chi connectivity index (χ0n) is 15.6. The SMILES string of the molecule is CC(C)Cc1noc(COC(=O)c2ccc3noc(-c4ccccc4)c3c2)n1. The van der Waals surface area contributed by atoms with Gasteiger partial charge < -0.3 is 13.8 Å². The number of carbonyl (C=O) groups is 1. The molecule has 0 aliphatic heterocycles. The number of hydrogen-bond acceptors (Lipinski definition) is 7. The van der Waals surface area contributed by atoms with Crippen molar-refractivity contribution >= 4 is 16.9 Å². The minimum absolute atomic E-state index is 0.0723. The molecule has 0 aliphatic rings. The highest BCUT2D eigenvalue weighted by atomic mass is 16.6. The molecule has 0 saturated carbocycles. The number of esters is 1. The third-order valence-corrected chi connectivity index (χ3v) is 4.18. The van der Waals surface area contributed by atoms with E-state index in [0.717, 1.165) is 10.9 Å². The van der Waals surface area contributed by atoms with Gasteiger partial charge in [-0.15, -0.1) is 0 Å². The fourth-order valence-corrected chi connectivity index (χ4v) is 2.87. The highest BCUT2D eigenvalue weighted by Crippen LogP contribution is 2.29. The Bertz CT molecular complexity index is 1100. The Morgan fingerprint density at radius 3 is 2.68 bits per heavy atom. The first kappa shape index (κ1) is 17.9. The van der Waals surface area contributed by atoms with Gasteiger partial charge in [0.05, 0.1) is 10.9 Å². The molecular formula is C21H19N3O4. The van der Waals surface area contributed by atoms with Gasteiger partial charge in [0.1, 0.15) is 5.52 Å². The summed E-state index contributed by atoms with van der Waals surface area (Å²) in [6.07, 6.45) is 0.712. The van der Waals surface area contributed by atoms with E-state index in [1.54, 1.807) is 18.2 Å². The number of hydrogen-bond donors (Lipinski definition) is 0. The van der Waals surface area contributed by atoms with Gasteiger partial charge in [0, 0.05) is 12.0 Å². The number of carbonyl (C=O) groups excluding carboxylic acids is 1. The maximum absolute atomic E-state index is 12.5. The summed E-state index contributed by atoms with van der Waals surface area (Å²) in [5, 5.41) is 8.69. The highest BCUT2D eigenvalue weighted by molar-refractivity contribution is 5.98. The summed E-state index contributed by atoms with van der Waals surface area (Å²) in [6, 6.07) is 14.7. The Balaban J connectivity index is 1.50. The number of fused-ring (bicyclic) bond motifs is 1. The number of ether oxygens (including phenoxy) is 1. The Hall–Kier alpha value is -3.48. The topological polar surface area (TPSA) is 91.2 Å². The van der Waals surface area contributed by atoms with E-state index >= 15 is 0 Å². The van der Waals surface area contributed by atoms with E-state index in [0.29, 0.717) is 35.0 Å². The summed E-state index contributed by atoms with van der Waals surface area (Å²) in [7, 11) is 0. The van der Waals surface area contributed by atoms with Gasteiger partial charge in [0.2, 0.25) is 0 Å². The first-order valence-corrected chi connectivity index (χ1v) is 9.03. The average molecular weight is 377 g/mol. The molecule has 0 spiro atoms. The monoisotopic (exact) mass is 377 g/mol. The predicted octanol–water partition coefficient (Wildman–Crippen LogP) is 4.43. The van der Waals surface area contributed by atoms with E-state index in [4.69, 9.17) is 13.8 Å². The Labute approximate surface area is 161 Å². The summed E-state index contributed by atoms with van der Waals surface area (Å²) in [5.41, 5.74) is 1.96. The molecule has 2 heterocycles. The van der Waals surface area contributed by atoms with Gasteiger partial charge in [-0.25, -0.2) is 4.79 Å².